The van der Waals surface area contributed by atoms with Crippen molar-refractivity contribution in [2.45, 2.75) is 38.1 Å². The van der Waals surface area contributed by atoms with E-state index in [0.29, 0.717) is 19.4 Å². The van der Waals surface area contributed by atoms with Crippen LogP contribution in [0.2, 0.25) is 0 Å². The number of rotatable bonds is 4. The van der Waals surface area contributed by atoms with Crippen molar-refractivity contribution < 1.29 is 19.4 Å². The van der Waals surface area contributed by atoms with Crippen molar-refractivity contribution in [3.63, 3.8) is 0 Å². The number of aliphatic hydroxyl groups excluding tert-OH is 1. The first-order valence-electron chi connectivity index (χ1n) is 6.14. The maximum atomic E-state index is 11.4. The zero-order chi connectivity index (χ0) is 13.0. The number of ether oxygens (including phenoxy) is 2. The molecule has 4 heteroatoms. The molecular formula is C14H18O4. The molecule has 0 heterocycles. The summed E-state index contributed by atoms with van der Waals surface area (Å²) in [4.78, 5) is 11.4. The van der Waals surface area contributed by atoms with Crippen LogP contribution in [0.1, 0.15) is 24.8 Å². The van der Waals surface area contributed by atoms with E-state index in [-0.39, 0.29) is 11.9 Å². The second-order valence-electron chi connectivity index (χ2n) is 4.54. The molecule has 0 bridgehead atoms. The standard InChI is InChI=1S/C14H18O4/c1-17-11-4-2-10(3-5-11)9-18-12-6-7-13(15)14(16)8-12/h2-5,12-13,15H,6-9H2,1H3/t12-,13?/m1/s1. The summed E-state index contributed by atoms with van der Waals surface area (Å²) in [6, 6.07) is 7.65. The van der Waals surface area contributed by atoms with Gasteiger partial charge in [-0.2, -0.15) is 0 Å². The van der Waals surface area contributed by atoms with Crippen molar-refractivity contribution >= 4 is 5.78 Å². The Bertz CT molecular complexity index is 399. The van der Waals surface area contributed by atoms with Crippen LogP contribution >= 0.6 is 0 Å². The Hall–Kier alpha value is -1.39. The topological polar surface area (TPSA) is 55.8 Å². The Morgan fingerprint density at radius 2 is 2.00 bits per heavy atom. The number of hydrogen-bond donors (Lipinski definition) is 1. The van der Waals surface area contributed by atoms with E-state index < -0.39 is 6.10 Å². The number of aliphatic hydroxyl groups is 1. The normalized spacial score (nSPS) is 24.0. The molecule has 4 nitrogen and oxygen atoms in total. The van der Waals surface area contributed by atoms with E-state index in [1.54, 1.807) is 7.11 Å². The van der Waals surface area contributed by atoms with E-state index in [0.717, 1.165) is 17.7 Å². The van der Waals surface area contributed by atoms with Crippen molar-refractivity contribution in [1.29, 1.82) is 0 Å². The van der Waals surface area contributed by atoms with Crippen molar-refractivity contribution in [2.75, 3.05) is 7.11 Å². The minimum atomic E-state index is -0.786. The third kappa shape index (κ3) is 3.31. The number of ketones is 1. The fourth-order valence-electron chi connectivity index (χ4n) is 2.05. The highest BCUT2D eigenvalue weighted by Crippen LogP contribution is 2.20. The van der Waals surface area contributed by atoms with Crippen LogP contribution in [0, 0.1) is 0 Å². The third-order valence-corrected chi connectivity index (χ3v) is 3.21. The van der Waals surface area contributed by atoms with Crippen LogP contribution in [0.5, 0.6) is 5.75 Å². The Balaban J connectivity index is 1.82. The summed E-state index contributed by atoms with van der Waals surface area (Å²) in [5, 5.41) is 9.32. The van der Waals surface area contributed by atoms with Gasteiger partial charge in [0, 0.05) is 6.42 Å². The molecule has 1 aromatic carbocycles. The first-order chi connectivity index (χ1) is 8.69. The van der Waals surface area contributed by atoms with Gasteiger partial charge in [-0.25, -0.2) is 0 Å². The van der Waals surface area contributed by atoms with Gasteiger partial charge >= 0.3 is 0 Å². The van der Waals surface area contributed by atoms with Gasteiger partial charge in [0.1, 0.15) is 11.9 Å². The van der Waals surface area contributed by atoms with Crippen molar-refractivity contribution in [3.05, 3.63) is 29.8 Å². The zero-order valence-electron chi connectivity index (χ0n) is 10.5. The Morgan fingerprint density at radius 3 is 2.61 bits per heavy atom. The summed E-state index contributed by atoms with van der Waals surface area (Å²) in [6.07, 6.45) is 0.709. The van der Waals surface area contributed by atoms with Crippen LogP contribution in [-0.4, -0.2) is 30.2 Å². The first kappa shape index (κ1) is 13.1. The molecule has 0 aliphatic heterocycles. The summed E-state index contributed by atoms with van der Waals surface area (Å²) in [5.41, 5.74) is 1.05. The van der Waals surface area contributed by atoms with E-state index in [1.807, 2.05) is 24.3 Å². The lowest BCUT2D eigenvalue weighted by Crippen LogP contribution is -2.33. The average molecular weight is 250 g/mol. The fraction of sp³-hybridized carbons (Fsp3) is 0.500. The van der Waals surface area contributed by atoms with Crippen molar-refractivity contribution in [3.8, 4) is 5.75 Å². The molecule has 0 radical (unpaired) electrons. The molecule has 0 aromatic heterocycles. The van der Waals surface area contributed by atoms with E-state index >= 15 is 0 Å². The Kier molecular flexibility index (Phi) is 4.33. The predicted octanol–water partition coefficient (Wildman–Crippen LogP) is 1.69. The van der Waals surface area contributed by atoms with E-state index in [1.165, 1.54) is 0 Å². The number of hydrogen-bond acceptors (Lipinski definition) is 4. The lowest BCUT2D eigenvalue weighted by molar-refractivity contribution is -0.135. The maximum Gasteiger partial charge on any atom is 0.163 e. The highest BCUT2D eigenvalue weighted by Gasteiger charge is 2.27. The molecule has 1 aliphatic carbocycles. The second-order valence-corrected chi connectivity index (χ2v) is 4.54. The number of carbonyl (C=O) groups excluding carboxylic acids is 1. The quantitative estimate of drug-likeness (QED) is 0.883. The molecule has 0 amide bonds. The Labute approximate surface area is 107 Å². The number of carbonyl (C=O) groups is 1. The van der Waals surface area contributed by atoms with Gasteiger partial charge in [0.15, 0.2) is 5.78 Å². The molecule has 98 valence electrons. The minimum absolute atomic E-state index is 0.0667. The average Bonchev–Trinajstić information content (AvgIpc) is 2.41. The van der Waals surface area contributed by atoms with E-state index in [2.05, 4.69) is 0 Å². The molecule has 2 rings (SSSR count). The van der Waals surface area contributed by atoms with Gasteiger partial charge in [-0.1, -0.05) is 12.1 Å². The van der Waals surface area contributed by atoms with Crippen molar-refractivity contribution in [1.82, 2.24) is 0 Å². The fourth-order valence-corrected chi connectivity index (χ4v) is 2.05. The minimum Gasteiger partial charge on any atom is -0.497 e. The van der Waals surface area contributed by atoms with Gasteiger partial charge < -0.3 is 14.6 Å². The van der Waals surface area contributed by atoms with Gasteiger partial charge in [-0.3, -0.25) is 4.79 Å². The summed E-state index contributed by atoms with van der Waals surface area (Å²) >= 11 is 0. The van der Waals surface area contributed by atoms with Crippen LogP contribution in [0.3, 0.4) is 0 Å². The van der Waals surface area contributed by atoms with Crippen LogP contribution in [0.15, 0.2) is 24.3 Å². The lowest BCUT2D eigenvalue weighted by Gasteiger charge is -2.24. The monoisotopic (exact) mass is 250 g/mol. The Morgan fingerprint density at radius 1 is 1.28 bits per heavy atom. The highest BCUT2D eigenvalue weighted by molar-refractivity contribution is 5.83. The summed E-state index contributed by atoms with van der Waals surface area (Å²) in [6.45, 7) is 0.484. The van der Waals surface area contributed by atoms with Gasteiger partial charge in [-0.15, -0.1) is 0 Å². The predicted molar refractivity (Wildman–Crippen MR) is 66.4 cm³/mol. The largest absolute Gasteiger partial charge is 0.497 e. The summed E-state index contributed by atoms with van der Waals surface area (Å²) in [7, 11) is 1.63. The van der Waals surface area contributed by atoms with Gasteiger partial charge in [0.2, 0.25) is 0 Å². The van der Waals surface area contributed by atoms with Crippen molar-refractivity contribution in [2.24, 2.45) is 0 Å². The molecule has 1 N–H and O–H groups in total. The second kappa shape index (κ2) is 5.98. The highest BCUT2D eigenvalue weighted by atomic mass is 16.5. The summed E-state index contributed by atoms with van der Waals surface area (Å²) in [5.74, 6) is 0.704. The van der Waals surface area contributed by atoms with E-state index in [9.17, 15) is 9.90 Å². The number of benzene rings is 1. The molecule has 0 saturated heterocycles. The van der Waals surface area contributed by atoms with Gasteiger partial charge in [0.05, 0.1) is 19.8 Å². The number of Topliss-reactive ketones (excluding diaryl/α,β-unsaturated/α-hetero) is 1. The molecule has 1 unspecified atom stereocenters. The SMILES string of the molecule is COc1ccc(CO[C@@H]2CCC(O)C(=O)C2)cc1. The zero-order valence-corrected chi connectivity index (χ0v) is 10.5. The van der Waals surface area contributed by atoms with Crippen LogP contribution < -0.4 is 4.74 Å². The van der Waals surface area contributed by atoms with Crippen LogP contribution in [0.4, 0.5) is 0 Å². The van der Waals surface area contributed by atoms with Gasteiger partial charge in [-0.05, 0) is 30.5 Å². The van der Waals surface area contributed by atoms with Crippen LogP contribution in [0.25, 0.3) is 0 Å². The van der Waals surface area contributed by atoms with Gasteiger partial charge in [0.25, 0.3) is 0 Å². The molecule has 0 spiro atoms. The molecule has 1 fully saturated rings. The molecule has 18 heavy (non-hydrogen) atoms. The third-order valence-electron chi connectivity index (χ3n) is 3.21. The first-order valence-corrected chi connectivity index (χ1v) is 6.14. The summed E-state index contributed by atoms with van der Waals surface area (Å²) < 4.78 is 10.8. The lowest BCUT2D eigenvalue weighted by atomic mass is 9.94. The molecular weight excluding hydrogens is 232 g/mol. The molecule has 1 aliphatic rings. The maximum absolute atomic E-state index is 11.4. The smallest absolute Gasteiger partial charge is 0.163 e. The molecule has 1 aromatic rings. The number of methoxy groups -OCH3 is 1. The molecule has 2 atom stereocenters. The van der Waals surface area contributed by atoms with E-state index in [4.69, 9.17) is 9.47 Å². The van der Waals surface area contributed by atoms with Crippen LogP contribution in [-0.2, 0) is 16.1 Å². The molecule has 1 saturated carbocycles.